The van der Waals surface area contributed by atoms with Crippen LogP contribution in [0.25, 0.3) is 0 Å². The fraction of sp³-hybridized carbons (Fsp3) is 0.308. The average molecular weight is 491 g/mol. The third-order valence-electron chi connectivity index (χ3n) is 6.14. The summed E-state index contributed by atoms with van der Waals surface area (Å²) in [5.41, 5.74) is 9.95. The first-order chi connectivity index (χ1) is 16.9. The number of methoxy groups -OCH3 is 1. The fourth-order valence-corrected chi connectivity index (χ4v) is 5.55. The second-order valence-electron chi connectivity index (χ2n) is 8.05. The highest BCUT2D eigenvalue weighted by Crippen LogP contribution is 2.47. The van der Waals surface area contributed by atoms with Crippen LogP contribution < -0.4 is 10.5 Å². The summed E-state index contributed by atoms with van der Waals surface area (Å²) in [6, 6.07) is 11.1. The number of aromatic nitrogens is 1. The molecule has 1 aromatic carbocycles. The van der Waals surface area contributed by atoms with E-state index in [1.807, 2.05) is 13.8 Å². The number of para-hydroxylation sites is 1. The van der Waals surface area contributed by atoms with Gasteiger partial charge in [-0.1, -0.05) is 36.9 Å². The van der Waals surface area contributed by atoms with Crippen molar-refractivity contribution in [2.24, 2.45) is 5.73 Å². The largest absolute Gasteiger partial charge is 0.496 e. The number of pyridine rings is 1. The van der Waals surface area contributed by atoms with Crippen molar-refractivity contribution in [2.75, 3.05) is 19.5 Å². The van der Waals surface area contributed by atoms with Crippen LogP contribution in [0.3, 0.4) is 0 Å². The molecule has 8 nitrogen and oxygen atoms in total. The van der Waals surface area contributed by atoms with Crippen LogP contribution >= 0.6 is 11.8 Å². The van der Waals surface area contributed by atoms with E-state index < -0.39 is 17.8 Å². The molecule has 4 rings (SSSR count). The smallest absolute Gasteiger partial charge is 0.336 e. The molecule has 3 heterocycles. The normalized spacial score (nSPS) is 17.4. The van der Waals surface area contributed by atoms with Crippen molar-refractivity contribution in [2.45, 2.75) is 38.1 Å². The van der Waals surface area contributed by atoms with Gasteiger partial charge >= 0.3 is 5.97 Å². The van der Waals surface area contributed by atoms with E-state index in [1.165, 1.54) is 23.8 Å². The monoisotopic (exact) mass is 490 g/mol. The van der Waals surface area contributed by atoms with E-state index in [9.17, 15) is 14.9 Å². The average Bonchev–Trinajstić information content (AvgIpc) is 3.00. The summed E-state index contributed by atoms with van der Waals surface area (Å²) in [4.78, 5) is 33.2. The summed E-state index contributed by atoms with van der Waals surface area (Å²) in [7, 11) is 1.52. The number of carbonyl (C=O) groups excluding carboxylic acids is 2. The molecule has 0 fully saturated rings. The van der Waals surface area contributed by atoms with E-state index in [2.05, 4.69) is 6.07 Å². The topological polar surface area (TPSA) is 119 Å². The molecular weight excluding hydrogens is 464 g/mol. The van der Waals surface area contributed by atoms with Crippen molar-refractivity contribution < 1.29 is 19.1 Å². The number of hydrogen-bond donors (Lipinski definition) is 1. The van der Waals surface area contributed by atoms with Crippen LogP contribution in [0, 0.1) is 18.3 Å². The number of rotatable bonds is 5. The van der Waals surface area contributed by atoms with Gasteiger partial charge in [-0.25, -0.2) is 9.78 Å². The number of thioether (sulfide) groups is 1. The number of hydrogen-bond acceptors (Lipinski definition) is 8. The Labute approximate surface area is 208 Å². The molecular formula is C26H26N4O4S. The highest BCUT2D eigenvalue weighted by atomic mass is 32.2. The standard InChI is InChI=1S/C26H26N4O4S/c1-5-18-14(3)11-16-24(29-18)35-13-19-22(26(32)34-6-2)21(15-9-7-8-10-20(15)33-4)17(12-27)23(28)30(19)25(16)31/h7-11,21H,5-6,13,28H2,1-4H3. The van der Waals surface area contributed by atoms with Gasteiger partial charge in [0, 0.05) is 22.7 Å². The molecule has 1 atom stereocenters. The van der Waals surface area contributed by atoms with Gasteiger partial charge in [0.2, 0.25) is 0 Å². The zero-order chi connectivity index (χ0) is 25.3. The number of esters is 1. The molecule has 1 aromatic heterocycles. The van der Waals surface area contributed by atoms with Gasteiger partial charge in [0.05, 0.1) is 42.4 Å². The number of nitrogens with zero attached hydrogens (tertiary/aromatic N) is 3. The van der Waals surface area contributed by atoms with Crippen LogP contribution in [0.2, 0.25) is 0 Å². The number of aryl methyl sites for hydroxylation is 2. The molecule has 9 heteroatoms. The number of ether oxygens (including phenoxy) is 2. The van der Waals surface area contributed by atoms with Gasteiger partial charge in [0.15, 0.2) is 0 Å². The zero-order valence-electron chi connectivity index (χ0n) is 20.0. The number of allylic oxidation sites excluding steroid dienone is 1. The first-order valence-electron chi connectivity index (χ1n) is 11.3. The molecule has 0 aliphatic carbocycles. The lowest BCUT2D eigenvalue weighted by molar-refractivity contribution is -0.138. The van der Waals surface area contributed by atoms with Crippen LogP contribution in [0.5, 0.6) is 5.75 Å². The number of nitriles is 1. The number of amides is 1. The molecule has 2 aliphatic heterocycles. The summed E-state index contributed by atoms with van der Waals surface area (Å²) in [5.74, 6) is -1.16. The molecule has 0 spiro atoms. The van der Waals surface area contributed by atoms with E-state index in [0.29, 0.717) is 27.6 Å². The maximum absolute atomic E-state index is 13.8. The minimum atomic E-state index is -0.850. The number of benzene rings is 1. The summed E-state index contributed by atoms with van der Waals surface area (Å²) >= 11 is 1.36. The zero-order valence-corrected chi connectivity index (χ0v) is 20.9. The quantitative estimate of drug-likeness (QED) is 0.629. The van der Waals surface area contributed by atoms with Crippen LogP contribution in [-0.2, 0) is 16.0 Å². The fourth-order valence-electron chi connectivity index (χ4n) is 4.51. The van der Waals surface area contributed by atoms with Crippen molar-refractivity contribution in [3.63, 3.8) is 0 Å². The molecule has 1 amide bonds. The van der Waals surface area contributed by atoms with Crippen LogP contribution in [0.1, 0.15) is 46.9 Å². The van der Waals surface area contributed by atoms with Gasteiger partial charge < -0.3 is 15.2 Å². The predicted molar refractivity (Wildman–Crippen MR) is 131 cm³/mol. The van der Waals surface area contributed by atoms with Gasteiger partial charge in [-0.05, 0) is 38.0 Å². The Morgan fingerprint density at radius 2 is 2.09 bits per heavy atom. The van der Waals surface area contributed by atoms with E-state index in [1.54, 1.807) is 37.3 Å². The van der Waals surface area contributed by atoms with E-state index in [0.717, 1.165) is 17.7 Å². The Hall–Kier alpha value is -3.77. The molecule has 0 radical (unpaired) electrons. The van der Waals surface area contributed by atoms with Gasteiger partial charge in [-0.2, -0.15) is 5.26 Å². The van der Waals surface area contributed by atoms with Gasteiger partial charge in [0.1, 0.15) is 16.6 Å². The Balaban J connectivity index is 2.01. The predicted octanol–water partition coefficient (Wildman–Crippen LogP) is 3.82. The molecule has 180 valence electrons. The maximum Gasteiger partial charge on any atom is 0.336 e. The number of fused-ring (bicyclic) bond motifs is 2. The molecule has 1 unspecified atom stereocenters. The molecule has 2 aliphatic rings. The Bertz CT molecular complexity index is 1330. The lowest BCUT2D eigenvalue weighted by atomic mass is 9.80. The first-order valence-corrected chi connectivity index (χ1v) is 12.3. The van der Waals surface area contributed by atoms with E-state index in [-0.39, 0.29) is 29.3 Å². The van der Waals surface area contributed by atoms with Crippen molar-refractivity contribution in [1.29, 1.82) is 5.26 Å². The molecule has 2 aromatic rings. The van der Waals surface area contributed by atoms with Crippen molar-refractivity contribution >= 4 is 23.6 Å². The van der Waals surface area contributed by atoms with Gasteiger partial charge in [0.25, 0.3) is 5.91 Å². The summed E-state index contributed by atoms with van der Waals surface area (Å²) in [5, 5.41) is 10.8. The SMILES string of the molecule is CCOC(=O)C1=C2CSc3nc(CC)c(C)cc3C(=O)N2C(N)=C(C#N)C1c1ccccc1OC. The van der Waals surface area contributed by atoms with E-state index >= 15 is 0 Å². The third kappa shape index (κ3) is 4.04. The third-order valence-corrected chi connectivity index (χ3v) is 7.14. The second-order valence-corrected chi connectivity index (χ2v) is 9.02. The van der Waals surface area contributed by atoms with E-state index in [4.69, 9.17) is 20.2 Å². The molecule has 2 N–H and O–H groups in total. The Morgan fingerprint density at radius 1 is 1.34 bits per heavy atom. The highest BCUT2D eigenvalue weighted by molar-refractivity contribution is 7.99. The van der Waals surface area contributed by atoms with Crippen LogP contribution in [0.15, 0.2) is 58.0 Å². The van der Waals surface area contributed by atoms with Crippen molar-refractivity contribution in [1.82, 2.24) is 9.88 Å². The summed E-state index contributed by atoms with van der Waals surface area (Å²) in [6.07, 6.45) is 0.727. The number of nitrogens with two attached hydrogens (primary N) is 1. The summed E-state index contributed by atoms with van der Waals surface area (Å²) in [6.45, 7) is 5.76. The molecule has 0 bridgehead atoms. The second kappa shape index (κ2) is 9.84. The highest BCUT2D eigenvalue weighted by Gasteiger charge is 2.44. The minimum Gasteiger partial charge on any atom is -0.496 e. The summed E-state index contributed by atoms with van der Waals surface area (Å²) < 4.78 is 11.0. The van der Waals surface area contributed by atoms with Gasteiger partial charge in [-0.3, -0.25) is 9.69 Å². The van der Waals surface area contributed by atoms with Crippen LogP contribution in [-0.4, -0.2) is 41.2 Å². The molecule has 0 saturated carbocycles. The van der Waals surface area contributed by atoms with Gasteiger partial charge in [-0.15, -0.1) is 0 Å². The van der Waals surface area contributed by atoms with Crippen LogP contribution in [0.4, 0.5) is 0 Å². The lowest BCUT2D eigenvalue weighted by Crippen LogP contribution is -2.41. The minimum absolute atomic E-state index is 0.0119. The Morgan fingerprint density at radius 3 is 2.74 bits per heavy atom. The lowest BCUT2D eigenvalue weighted by Gasteiger charge is -2.35. The Kier molecular flexibility index (Phi) is 6.85. The molecule has 0 saturated heterocycles. The molecule has 35 heavy (non-hydrogen) atoms. The van der Waals surface area contributed by atoms with Crippen molar-refractivity contribution in [3.8, 4) is 11.8 Å². The first kappa shape index (κ1) is 24.4. The maximum atomic E-state index is 13.8. The number of carbonyl (C=O) groups is 2. The van der Waals surface area contributed by atoms with Crippen molar-refractivity contribution in [3.05, 3.63) is 75.4 Å².